The first kappa shape index (κ1) is 53.1. The minimum atomic E-state index is -3.95. The van der Waals surface area contributed by atoms with Gasteiger partial charge in [0.15, 0.2) is 23.0 Å². The molecule has 0 saturated heterocycles. The molecule has 0 saturated carbocycles. The maximum absolute atomic E-state index is 13.5. The van der Waals surface area contributed by atoms with Gasteiger partial charge in [0.25, 0.3) is 11.8 Å². The van der Waals surface area contributed by atoms with Crippen LogP contribution in [0.5, 0.6) is 23.0 Å². The third kappa shape index (κ3) is 16.1. The van der Waals surface area contributed by atoms with E-state index in [1.165, 1.54) is 71.9 Å². The molecule has 0 aromatic heterocycles. The predicted octanol–water partition coefficient (Wildman–Crippen LogP) is 6.83. The number of carbonyl (C=O) groups is 6. The highest BCUT2D eigenvalue weighted by molar-refractivity contribution is 7.90. The van der Waals surface area contributed by atoms with Crippen LogP contribution in [0.15, 0.2) is 72.8 Å². The molecular weight excluding hydrogens is 937 g/mol. The Hall–Kier alpha value is -6.84. The first-order chi connectivity index (χ1) is 33.6. The topological polar surface area (TPSA) is 270 Å². The molecular formula is C48H64N4O15S2. The number of amides is 4. The summed E-state index contributed by atoms with van der Waals surface area (Å²) in [7, 11) is -3.19. The molecule has 2 heterocycles. The van der Waals surface area contributed by atoms with Crippen molar-refractivity contribution >= 4 is 66.6 Å². The monoisotopic (exact) mass is 1000 g/mol. The van der Waals surface area contributed by atoms with Gasteiger partial charge in [0.05, 0.1) is 82.7 Å². The zero-order chi connectivity index (χ0) is 55.1. The molecule has 2 aliphatic rings. The third-order valence-corrected chi connectivity index (χ3v) is 10.5. The van der Waals surface area contributed by atoms with Gasteiger partial charge < -0.3 is 40.1 Å². The average molecular weight is 1010 g/mol. The number of anilines is 2. The first-order valence-electron chi connectivity index (χ1n) is 22.9. The number of hydrogen-bond donors (Lipinski definition) is 3. The number of nitrogens with two attached hydrogens (primary N) is 1. The van der Waals surface area contributed by atoms with Crippen LogP contribution in [0.25, 0.3) is 0 Å². The van der Waals surface area contributed by atoms with E-state index in [2.05, 4.69) is 15.4 Å². The van der Waals surface area contributed by atoms with Gasteiger partial charge in [-0.05, 0) is 73.5 Å². The lowest BCUT2D eigenvalue weighted by Crippen LogP contribution is -2.37. The van der Waals surface area contributed by atoms with Crippen molar-refractivity contribution < 1.29 is 74.8 Å². The Labute approximate surface area is 410 Å². The fourth-order valence-electron chi connectivity index (χ4n) is 6.31. The van der Waals surface area contributed by atoms with Crippen LogP contribution >= 0.6 is 0 Å². The van der Waals surface area contributed by atoms with E-state index in [9.17, 15) is 45.6 Å². The molecule has 0 bridgehead atoms. The molecule has 69 heavy (non-hydrogen) atoms. The SMILES string of the molecule is C.CC.CC(=O)Nc1cccc2c1C(=O)OC2=O.[2H]C.[2H][C@@](N)(CS(C)(=O)=O)c1ccc(OC)c(OCC)c1.[2H]c1c([C@@]([2H])(CS(C)(=O)=O)N2C(=O)c3cccc(NC(C)=O)c3C2=O)ccc(OC)c1OCC. The molecule has 0 radical (unpaired) electrons. The number of nitrogens with zero attached hydrogens (tertiary/aromatic N) is 1. The molecule has 378 valence electrons. The van der Waals surface area contributed by atoms with Crippen LogP contribution in [-0.2, 0) is 34.0 Å². The van der Waals surface area contributed by atoms with Gasteiger partial charge in [-0.2, -0.15) is 0 Å². The Bertz CT molecular complexity index is 2900. The van der Waals surface area contributed by atoms with Crippen LogP contribution in [0.4, 0.5) is 11.4 Å². The van der Waals surface area contributed by atoms with E-state index in [1.54, 1.807) is 37.3 Å². The fourth-order valence-corrected chi connectivity index (χ4v) is 7.83. The Morgan fingerprint density at radius 2 is 1.19 bits per heavy atom. The van der Waals surface area contributed by atoms with Gasteiger partial charge in [-0.3, -0.25) is 24.1 Å². The Kier molecular flexibility index (Phi) is 20.5. The Morgan fingerprint density at radius 1 is 0.710 bits per heavy atom. The quantitative estimate of drug-likeness (QED) is 0.0626. The van der Waals surface area contributed by atoms with Crippen molar-refractivity contribution in [2.45, 2.75) is 68.4 Å². The zero-order valence-electron chi connectivity index (χ0n) is 43.6. The predicted molar refractivity (Wildman–Crippen MR) is 264 cm³/mol. The molecule has 4 N–H and O–H groups in total. The number of rotatable bonds is 15. The van der Waals surface area contributed by atoms with E-state index in [0.29, 0.717) is 34.3 Å². The van der Waals surface area contributed by atoms with Gasteiger partial charge in [-0.1, -0.05) is 52.9 Å². The highest BCUT2D eigenvalue weighted by atomic mass is 32.2. The van der Waals surface area contributed by atoms with Gasteiger partial charge in [-0.15, -0.1) is 0 Å². The van der Waals surface area contributed by atoms with Gasteiger partial charge in [0, 0.05) is 33.7 Å². The lowest BCUT2D eigenvalue weighted by atomic mass is 10.1. The van der Waals surface area contributed by atoms with Crippen molar-refractivity contribution in [2.75, 3.05) is 62.1 Å². The average Bonchev–Trinajstić information content (AvgIpc) is 3.74. The largest absolute Gasteiger partial charge is 0.493 e. The number of nitrogens with one attached hydrogen (secondary N) is 2. The molecule has 21 heteroatoms. The van der Waals surface area contributed by atoms with E-state index in [1.807, 2.05) is 20.8 Å². The number of ether oxygens (including phenoxy) is 5. The molecule has 0 fully saturated rings. The van der Waals surface area contributed by atoms with Crippen LogP contribution in [0, 0.1) is 0 Å². The van der Waals surface area contributed by atoms with Crippen molar-refractivity contribution in [1.29, 1.82) is 0 Å². The Morgan fingerprint density at radius 3 is 1.68 bits per heavy atom. The summed E-state index contributed by atoms with van der Waals surface area (Å²) in [6, 6.07) is 11.6. The van der Waals surface area contributed by atoms with Crippen LogP contribution in [0.2, 0.25) is 0 Å². The molecule has 0 spiro atoms. The molecule has 2 atom stereocenters. The second-order valence-corrected chi connectivity index (χ2v) is 18.3. The van der Waals surface area contributed by atoms with Crippen LogP contribution in [-0.4, -0.2) is 109 Å². The van der Waals surface area contributed by atoms with Gasteiger partial charge in [0.2, 0.25) is 11.8 Å². The van der Waals surface area contributed by atoms with Crippen molar-refractivity contribution in [3.8, 4) is 23.0 Å². The second kappa shape index (κ2) is 26.6. The minimum Gasteiger partial charge on any atom is -0.493 e. The molecule has 0 aliphatic carbocycles. The summed E-state index contributed by atoms with van der Waals surface area (Å²) < 4.78 is 104. The summed E-state index contributed by atoms with van der Waals surface area (Å²) in [5.74, 6) is -4.42. The van der Waals surface area contributed by atoms with Crippen molar-refractivity contribution in [3.63, 3.8) is 0 Å². The van der Waals surface area contributed by atoms with Gasteiger partial charge in [-0.25, -0.2) is 26.4 Å². The molecule has 19 nitrogen and oxygen atoms in total. The summed E-state index contributed by atoms with van der Waals surface area (Å²) in [6.07, 6.45) is 1.92. The normalized spacial score (nSPS) is 14.6. The summed E-state index contributed by atoms with van der Waals surface area (Å²) in [6.45, 7) is 10.6. The number of imide groups is 1. The molecule has 4 aromatic carbocycles. The maximum atomic E-state index is 13.5. The number of benzene rings is 4. The minimum absolute atomic E-state index is 0. The summed E-state index contributed by atoms with van der Waals surface area (Å²) in [5, 5.41) is 4.94. The van der Waals surface area contributed by atoms with Crippen LogP contribution in [0.1, 0.15) is 126 Å². The van der Waals surface area contributed by atoms with E-state index in [4.69, 9.17) is 30.2 Å². The summed E-state index contributed by atoms with van der Waals surface area (Å²) in [4.78, 5) is 72.3. The first-order valence-corrected chi connectivity index (χ1v) is 24.5. The van der Waals surface area contributed by atoms with E-state index >= 15 is 0 Å². The molecule has 0 unspecified atom stereocenters. The fraction of sp³-hybridized carbons (Fsp3) is 0.375. The molecule has 4 aromatic rings. The highest BCUT2D eigenvalue weighted by Crippen LogP contribution is 2.39. The number of fused-ring (bicyclic) bond motifs is 2. The zero-order valence-corrected chi connectivity index (χ0v) is 41.3. The van der Waals surface area contributed by atoms with E-state index in [0.717, 1.165) is 12.5 Å². The van der Waals surface area contributed by atoms with Crippen molar-refractivity contribution in [3.05, 3.63) is 106 Å². The number of carbonyl (C=O) groups excluding carboxylic acids is 6. The number of methoxy groups -OCH3 is 2. The second-order valence-electron chi connectivity index (χ2n) is 14.1. The maximum Gasteiger partial charge on any atom is 0.349 e. The number of sulfone groups is 2. The number of hydrogen-bond acceptors (Lipinski definition) is 16. The number of cyclic esters (lactones) is 2. The van der Waals surface area contributed by atoms with Crippen LogP contribution < -0.4 is 35.3 Å². The van der Waals surface area contributed by atoms with E-state index in [-0.39, 0.29) is 64.9 Å². The van der Waals surface area contributed by atoms with E-state index < -0.39 is 78.9 Å². The summed E-state index contributed by atoms with van der Waals surface area (Å²) >= 11 is 0. The lowest BCUT2D eigenvalue weighted by molar-refractivity contribution is -0.115. The van der Waals surface area contributed by atoms with Crippen molar-refractivity contribution in [2.24, 2.45) is 5.73 Å². The number of esters is 2. The standard InChI is InChI=1S/C22H24N2O7S.C12H19NO4S.C10H7NO4.C2H6.2CH4/c1-5-31-19-11-14(9-10-18(19)30-3)17(12-32(4,28)29)24-21(26)15-7-6-8-16(23-13(2)25)20(15)22(24)27;1-4-17-12-7-9(5-6-11(12)16-2)10(13)8-18(3,14)15;1-5(12)11-7-4-2-3-6-8(7)10(14)15-9(6)13;1-2;;/h6-11,17H,5,12H2,1-4H3,(H,23,25);5-7,10H,4,8,13H2,1-3H3;2-4H,1H3,(H,11,12);1-2H3;2*1H4/t17-;10-;;;;/m11..../s1/i11D,17D;10D;;;1D;. The lowest BCUT2D eigenvalue weighted by Gasteiger charge is -2.27. The summed E-state index contributed by atoms with van der Waals surface area (Å²) in [5.41, 5.74) is 6.32. The van der Waals surface area contributed by atoms with Gasteiger partial charge in [0.1, 0.15) is 19.7 Å². The van der Waals surface area contributed by atoms with Crippen molar-refractivity contribution in [1.82, 2.24) is 4.90 Å². The van der Waals surface area contributed by atoms with Crippen LogP contribution in [0.3, 0.4) is 0 Å². The molecule has 2 aliphatic heterocycles. The molecule has 4 amide bonds. The molecule has 6 rings (SSSR count). The Balaban J connectivity index is 0.000000576. The smallest absolute Gasteiger partial charge is 0.349 e. The highest BCUT2D eigenvalue weighted by Gasteiger charge is 2.43. The van der Waals surface area contributed by atoms with Gasteiger partial charge >= 0.3 is 11.9 Å². The third-order valence-electron chi connectivity index (χ3n) is 8.82.